The van der Waals surface area contributed by atoms with Crippen LogP contribution in [0.5, 0.6) is 0 Å². The fraction of sp³-hybridized carbons (Fsp3) is 0.483. The maximum atomic E-state index is 14.0. The highest BCUT2D eigenvalue weighted by molar-refractivity contribution is 5.99. The highest BCUT2D eigenvalue weighted by atomic mass is 16.5. The lowest BCUT2D eigenvalue weighted by Crippen LogP contribution is -2.58. The minimum Gasteiger partial charge on any atom is -0.394 e. The zero-order valence-corrected chi connectivity index (χ0v) is 21.3. The highest BCUT2D eigenvalue weighted by Gasteiger charge is 2.75. The predicted molar refractivity (Wildman–Crippen MR) is 137 cm³/mol. The third-order valence-electron chi connectivity index (χ3n) is 8.22. The van der Waals surface area contributed by atoms with Gasteiger partial charge in [-0.2, -0.15) is 0 Å². The number of carbonyl (C=O) groups is 3. The van der Waals surface area contributed by atoms with E-state index in [1.54, 1.807) is 0 Å². The second kappa shape index (κ2) is 10.3. The lowest BCUT2D eigenvalue weighted by atomic mass is 9.70. The van der Waals surface area contributed by atoms with Crippen LogP contribution in [-0.2, 0) is 32.2 Å². The summed E-state index contributed by atoms with van der Waals surface area (Å²) in [5.41, 5.74) is 0.824. The largest absolute Gasteiger partial charge is 0.394 e. The van der Waals surface area contributed by atoms with E-state index in [1.165, 1.54) is 4.90 Å². The average molecular weight is 506 g/mol. The summed E-state index contributed by atoms with van der Waals surface area (Å²) in [7, 11) is 0. The Bertz CT molecular complexity index is 1140. The van der Waals surface area contributed by atoms with E-state index in [0.29, 0.717) is 25.9 Å². The molecule has 3 aliphatic rings. The second-order valence-electron chi connectivity index (χ2n) is 10.7. The van der Waals surface area contributed by atoms with Gasteiger partial charge in [0.15, 0.2) is 0 Å². The molecule has 196 valence electrons. The molecular formula is C29H35N3O5. The minimum absolute atomic E-state index is 0.0869. The Kier molecular flexibility index (Phi) is 7.05. The van der Waals surface area contributed by atoms with Crippen molar-refractivity contribution in [3.8, 4) is 0 Å². The summed E-state index contributed by atoms with van der Waals surface area (Å²) in [5, 5.41) is 16.2. The molecule has 2 bridgehead atoms. The van der Waals surface area contributed by atoms with Crippen molar-refractivity contribution in [2.24, 2.45) is 17.8 Å². The van der Waals surface area contributed by atoms with Gasteiger partial charge < -0.3 is 25.4 Å². The molecule has 3 N–H and O–H groups in total. The van der Waals surface area contributed by atoms with Crippen molar-refractivity contribution >= 4 is 17.7 Å². The molecule has 0 radical (unpaired) electrons. The number of carbonyl (C=O) groups excluding carboxylic acids is 3. The lowest BCUT2D eigenvalue weighted by molar-refractivity contribution is -0.146. The Labute approximate surface area is 217 Å². The van der Waals surface area contributed by atoms with Gasteiger partial charge in [-0.3, -0.25) is 14.4 Å². The first-order valence-electron chi connectivity index (χ1n) is 13.1. The Balaban J connectivity index is 1.43. The summed E-state index contributed by atoms with van der Waals surface area (Å²) in [6.45, 7) is 4.23. The summed E-state index contributed by atoms with van der Waals surface area (Å²) in [6, 6.07) is 17.7. The van der Waals surface area contributed by atoms with Gasteiger partial charge >= 0.3 is 0 Å². The number of fused-ring (bicyclic) bond motifs is 1. The molecule has 0 aromatic heterocycles. The topological polar surface area (TPSA) is 108 Å². The number of ether oxygens (including phenoxy) is 1. The molecule has 3 aliphatic heterocycles. The van der Waals surface area contributed by atoms with Crippen LogP contribution in [0.2, 0.25) is 0 Å². The van der Waals surface area contributed by atoms with E-state index in [1.807, 2.05) is 74.5 Å². The van der Waals surface area contributed by atoms with Crippen molar-refractivity contribution in [2.45, 2.75) is 63.6 Å². The molecular weight excluding hydrogens is 470 g/mol. The summed E-state index contributed by atoms with van der Waals surface area (Å²) >= 11 is 0. The van der Waals surface area contributed by atoms with Gasteiger partial charge in [0, 0.05) is 13.1 Å². The van der Waals surface area contributed by atoms with Crippen molar-refractivity contribution < 1.29 is 24.2 Å². The highest BCUT2D eigenvalue weighted by Crippen LogP contribution is 2.59. The number of aliphatic hydroxyl groups is 1. The Morgan fingerprint density at radius 3 is 2.11 bits per heavy atom. The maximum absolute atomic E-state index is 14.0. The molecule has 2 unspecified atom stereocenters. The summed E-state index contributed by atoms with van der Waals surface area (Å²) in [4.78, 5) is 42.8. The van der Waals surface area contributed by atoms with E-state index in [4.69, 9.17) is 4.74 Å². The van der Waals surface area contributed by atoms with E-state index in [9.17, 15) is 19.5 Å². The van der Waals surface area contributed by atoms with Crippen molar-refractivity contribution in [2.75, 3.05) is 6.61 Å². The van der Waals surface area contributed by atoms with Crippen LogP contribution in [0.3, 0.4) is 0 Å². The first-order valence-corrected chi connectivity index (χ1v) is 13.1. The van der Waals surface area contributed by atoms with Crippen LogP contribution in [0.1, 0.15) is 37.8 Å². The van der Waals surface area contributed by atoms with Crippen LogP contribution in [-0.4, -0.2) is 58.1 Å². The van der Waals surface area contributed by atoms with Crippen molar-refractivity contribution in [1.29, 1.82) is 0 Å². The van der Waals surface area contributed by atoms with E-state index in [0.717, 1.165) is 11.1 Å². The average Bonchev–Trinajstić information content (AvgIpc) is 3.55. The van der Waals surface area contributed by atoms with Gasteiger partial charge in [0.05, 0.1) is 30.6 Å². The van der Waals surface area contributed by atoms with Crippen LogP contribution in [0.4, 0.5) is 0 Å². The molecule has 3 saturated heterocycles. The number of nitrogens with one attached hydrogen (secondary N) is 2. The van der Waals surface area contributed by atoms with Gasteiger partial charge in [0.25, 0.3) is 0 Å². The number of hydrogen-bond donors (Lipinski definition) is 3. The quantitative estimate of drug-likeness (QED) is 0.483. The van der Waals surface area contributed by atoms with E-state index in [-0.39, 0.29) is 30.2 Å². The number of hydrogen-bond acceptors (Lipinski definition) is 5. The monoisotopic (exact) mass is 505 g/mol. The number of aliphatic hydroxyl groups excluding tert-OH is 1. The number of amides is 3. The molecule has 5 rings (SSSR count). The minimum atomic E-state index is -1.08. The number of rotatable bonds is 9. The fourth-order valence-electron chi connectivity index (χ4n) is 6.45. The number of nitrogens with zero attached hydrogens (tertiary/aromatic N) is 1. The summed E-state index contributed by atoms with van der Waals surface area (Å²) < 4.78 is 6.46. The first kappa shape index (κ1) is 25.4. The number of likely N-dealkylation sites (tertiary alicyclic amines) is 1. The summed E-state index contributed by atoms with van der Waals surface area (Å²) in [6.07, 6.45) is 0.713. The van der Waals surface area contributed by atoms with Crippen LogP contribution in [0.25, 0.3) is 0 Å². The lowest BCUT2D eigenvalue weighted by Gasteiger charge is -2.38. The molecule has 3 heterocycles. The normalized spacial score (nSPS) is 28.9. The van der Waals surface area contributed by atoms with Gasteiger partial charge in [-0.1, -0.05) is 74.5 Å². The zero-order valence-electron chi connectivity index (χ0n) is 21.3. The molecule has 0 saturated carbocycles. The van der Waals surface area contributed by atoms with Crippen molar-refractivity contribution in [3.63, 3.8) is 0 Å². The molecule has 3 fully saturated rings. The van der Waals surface area contributed by atoms with Gasteiger partial charge in [-0.25, -0.2) is 0 Å². The van der Waals surface area contributed by atoms with Gasteiger partial charge in [0.1, 0.15) is 11.6 Å². The van der Waals surface area contributed by atoms with Crippen LogP contribution >= 0.6 is 0 Å². The molecule has 8 nitrogen and oxygen atoms in total. The van der Waals surface area contributed by atoms with Crippen LogP contribution in [0, 0.1) is 17.8 Å². The smallest absolute Gasteiger partial charge is 0.246 e. The summed E-state index contributed by atoms with van der Waals surface area (Å²) in [5.74, 6) is -2.35. The Morgan fingerprint density at radius 2 is 1.57 bits per heavy atom. The molecule has 6 atom stereocenters. The van der Waals surface area contributed by atoms with Crippen molar-refractivity contribution in [3.05, 3.63) is 71.8 Å². The molecule has 1 spiro atoms. The molecule has 8 heteroatoms. The number of benzene rings is 2. The van der Waals surface area contributed by atoms with E-state index < -0.39 is 35.6 Å². The zero-order chi connectivity index (χ0) is 26.2. The van der Waals surface area contributed by atoms with Gasteiger partial charge in [-0.05, 0) is 29.9 Å². The third-order valence-corrected chi connectivity index (χ3v) is 8.22. The van der Waals surface area contributed by atoms with Crippen LogP contribution in [0.15, 0.2) is 60.7 Å². The Hall–Kier alpha value is -3.23. The molecule has 2 aromatic rings. The van der Waals surface area contributed by atoms with Gasteiger partial charge in [0.2, 0.25) is 17.7 Å². The van der Waals surface area contributed by atoms with Crippen LogP contribution < -0.4 is 10.6 Å². The SMILES string of the molecule is CC(C)[C@H](CO)N1C(=O)[C@@H]2[C@@H](C(=O)NCc3ccccc3)[C@H]3CCC2(O3)C1C(=O)NCc1ccccc1. The first-order chi connectivity index (χ1) is 17.9. The standard InChI is InChI=1S/C29H35N3O5/c1-18(2)21(17-33)32-25(27(35)31-16-20-11-7-4-8-12-20)29-14-13-22(37-29)23(24(29)28(32)36)26(34)30-15-19-9-5-3-6-10-19/h3-12,18,21-25,33H,13-17H2,1-2H3,(H,30,34)(H,31,35)/t21-,22+,23-,24-,25?,29?/m0/s1. The fourth-order valence-corrected chi connectivity index (χ4v) is 6.45. The maximum Gasteiger partial charge on any atom is 0.246 e. The molecule has 0 aliphatic carbocycles. The predicted octanol–water partition coefficient (Wildman–Crippen LogP) is 2.01. The van der Waals surface area contributed by atoms with E-state index >= 15 is 0 Å². The Morgan fingerprint density at radius 1 is 1.00 bits per heavy atom. The van der Waals surface area contributed by atoms with Crippen molar-refractivity contribution in [1.82, 2.24) is 15.5 Å². The van der Waals surface area contributed by atoms with Gasteiger partial charge in [-0.15, -0.1) is 0 Å². The second-order valence-corrected chi connectivity index (χ2v) is 10.7. The molecule has 37 heavy (non-hydrogen) atoms. The molecule has 3 amide bonds. The molecule has 2 aromatic carbocycles. The third kappa shape index (κ3) is 4.42. The van der Waals surface area contributed by atoms with E-state index in [2.05, 4.69) is 10.6 Å².